The van der Waals surface area contributed by atoms with Gasteiger partial charge in [0.15, 0.2) is 5.78 Å². The minimum absolute atomic E-state index is 0.0732. The Labute approximate surface area is 75.5 Å². The number of carbonyl (C=O) groups is 1. The minimum Gasteiger partial charge on any atom is -0.321 e. The number of carbonyl (C=O) groups excluding carboxylic acids is 1. The summed E-state index contributed by atoms with van der Waals surface area (Å²) in [4.78, 5) is 11.4. The molecule has 12 heavy (non-hydrogen) atoms. The lowest BCUT2D eigenvalue weighted by Crippen LogP contribution is -2.35. The molecule has 0 aliphatic rings. The van der Waals surface area contributed by atoms with Crippen molar-refractivity contribution in [3.8, 4) is 0 Å². The van der Waals surface area contributed by atoms with Crippen LogP contribution in [0.5, 0.6) is 0 Å². The van der Waals surface area contributed by atoms with Gasteiger partial charge < -0.3 is 5.73 Å². The van der Waals surface area contributed by atoms with Gasteiger partial charge in [-0.25, -0.2) is 0 Å². The largest absolute Gasteiger partial charge is 0.321 e. The van der Waals surface area contributed by atoms with Crippen LogP contribution >= 0.6 is 0 Å². The van der Waals surface area contributed by atoms with Crippen LogP contribution in [0.25, 0.3) is 0 Å². The Kier molecular flexibility index (Phi) is 5.14. The SMILES string of the molecule is CCC(C)CC(N)C(=O)C(C)C. The van der Waals surface area contributed by atoms with Crippen LogP contribution in [0.3, 0.4) is 0 Å². The lowest BCUT2D eigenvalue weighted by molar-refractivity contribution is -0.123. The molecule has 0 aromatic rings. The van der Waals surface area contributed by atoms with Crippen molar-refractivity contribution in [2.24, 2.45) is 17.6 Å². The zero-order valence-corrected chi connectivity index (χ0v) is 8.63. The molecule has 0 aliphatic heterocycles. The fourth-order valence-electron chi connectivity index (χ4n) is 1.14. The quantitative estimate of drug-likeness (QED) is 0.687. The van der Waals surface area contributed by atoms with E-state index in [1.807, 2.05) is 13.8 Å². The molecule has 0 amide bonds. The van der Waals surface area contributed by atoms with Crippen LogP contribution in [0.4, 0.5) is 0 Å². The molecule has 0 heterocycles. The Morgan fingerprint density at radius 3 is 2.17 bits per heavy atom. The highest BCUT2D eigenvalue weighted by molar-refractivity contribution is 5.85. The molecular weight excluding hydrogens is 150 g/mol. The summed E-state index contributed by atoms with van der Waals surface area (Å²) in [5.41, 5.74) is 5.75. The van der Waals surface area contributed by atoms with Crippen molar-refractivity contribution in [3.63, 3.8) is 0 Å². The zero-order valence-electron chi connectivity index (χ0n) is 8.63. The molecule has 0 fully saturated rings. The molecule has 0 aromatic carbocycles. The normalized spacial score (nSPS) is 16.2. The summed E-state index contributed by atoms with van der Waals surface area (Å²) >= 11 is 0. The Morgan fingerprint density at radius 1 is 1.33 bits per heavy atom. The van der Waals surface area contributed by atoms with E-state index in [-0.39, 0.29) is 17.7 Å². The third-order valence-corrected chi connectivity index (χ3v) is 2.29. The van der Waals surface area contributed by atoms with Crippen LogP contribution in [-0.4, -0.2) is 11.8 Å². The number of ketones is 1. The first-order valence-electron chi connectivity index (χ1n) is 4.78. The van der Waals surface area contributed by atoms with Crippen LogP contribution in [0.1, 0.15) is 40.5 Å². The van der Waals surface area contributed by atoms with E-state index in [9.17, 15) is 4.79 Å². The van der Waals surface area contributed by atoms with Gasteiger partial charge in [0.1, 0.15) is 0 Å². The Bertz CT molecular complexity index is 143. The molecule has 0 saturated heterocycles. The molecule has 2 unspecified atom stereocenters. The van der Waals surface area contributed by atoms with Gasteiger partial charge in [-0.2, -0.15) is 0 Å². The first kappa shape index (κ1) is 11.6. The molecule has 2 atom stereocenters. The predicted octanol–water partition coefficient (Wildman–Crippen LogP) is 1.97. The summed E-state index contributed by atoms with van der Waals surface area (Å²) in [6.45, 7) is 8.06. The van der Waals surface area contributed by atoms with Gasteiger partial charge in [-0.3, -0.25) is 4.79 Å². The zero-order chi connectivity index (χ0) is 9.72. The van der Waals surface area contributed by atoms with Gasteiger partial charge in [0.25, 0.3) is 0 Å². The van der Waals surface area contributed by atoms with Crippen LogP contribution in [0, 0.1) is 11.8 Å². The second-order valence-electron chi connectivity index (χ2n) is 3.91. The van der Waals surface area contributed by atoms with Crippen molar-refractivity contribution in [1.29, 1.82) is 0 Å². The van der Waals surface area contributed by atoms with Crippen molar-refractivity contribution in [3.05, 3.63) is 0 Å². The fraction of sp³-hybridized carbons (Fsp3) is 0.900. The highest BCUT2D eigenvalue weighted by Gasteiger charge is 2.18. The molecular formula is C10H21NO. The number of rotatable bonds is 5. The standard InChI is InChI=1S/C10H21NO/c1-5-8(4)6-9(11)10(12)7(2)3/h7-9H,5-6,11H2,1-4H3. The maximum absolute atomic E-state index is 11.4. The van der Waals surface area contributed by atoms with Gasteiger partial charge >= 0.3 is 0 Å². The lowest BCUT2D eigenvalue weighted by atomic mass is 9.93. The van der Waals surface area contributed by atoms with Crippen molar-refractivity contribution in [2.45, 2.75) is 46.6 Å². The van der Waals surface area contributed by atoms with Crippen molar-refractivity contribution in [2.75, 3.05) is 0 Å². The average molecular weight is 171 g/mol. The topological polar surface area (TPSA) is 43.1 Å². The Balaban J connectivity index is 3.86. The summed E-state index contributed by atoms with van der Waals surface area (Å²) in [6.07, 6.45) is 1.92. The first-order valence-corrected chi connectivity index (χ1v) is 4.78. The molecule has 2 N–H and O–H groups in total. The second kappa shape index (κ2) is 5.31. The predicted molar refractivity (Wildman–Crippen MR) is 51.9 cm³/mol. The molecule has 0 rings (SSSR count). The number of Topliss-reactive ketones (excluding diaryl/α,β-unsaturated/α-hetero) is 1. The third kappa shape index (κ3) is 3.86. The molecule has 2 nitrogen and oxygen atoms in total. The van der Waals surface area contributed by atoms with Crippen LogP contribution < -0.4 is 5.73 Å². The lowest BCUT2D eigenvalue weighted by Gasteiger charge is -2.16. The maximum atomic E-state index is 11.4. The Hall–Kier alpha value is -0.370. The third-order valence-electron chi connectivity index (χ3n) is 2.29. The van der Waals surface area contributed by atoms with E-state index in [2.05, 4.69) is 13.8 Å². The summed E-state index contributed by atoms with van der Waals surface area (Å²) in [5, 5.41) is 0. The molecule has 0 spiro atoms. The van der Waals surface area contributed by atoms with Crippen molar-refractivity contribution >= 4 is 5.78 Å². The highest BCUT2D eigenvalue weighted by atomic mass is 16.1. The summed E-state index contributed by atoms with van der Waals surface area (Å²) in [7, 11) is 0. The van der Waals surface area contributed by atoms with Gasteiger partial charge in [0, 0.05) is 5.92 Å². The minimum atomic E-state index is -0.250. The molecule has 0 radical (unpaired) electrons. The molecule has 2 heteroatoms. The van der Waals surface area contributed by atoms with E-state index in [1.54, 1.807) is 0 Å². The van der Waals surface area contributed by atoms with E-state index in [0.29, 0.717) is 5.92 Å². The molecule has 0 saturated carbocycles. The fourth-order valence-corrected chi connectivity index (χ4v) is 1.14. The van der Waals surface area contributed by atoms with Crippen LogP contribution in [0.15, 0.2) is 0 Å². The van der Waals surface area contributed by atoms with Gasteiger partial charge in [-0.05, 0) is 12.3 Å². The monoisotopic (exact) mass is 171 g/mol. The molecule has 0 aromatic heterocycles. The second-order valence-corrected chi connectivity index (χ2v) is 3.91. The number of hydrogen-bond donors (Lipinski definition) is 1. The summed E-state index contributed by atoms with van der Waals surface area (Å²) in [5.74, 6) is 0.821. The van der Waals surface area contributed by atoms with Gasteiger partial charge in [0.2, 0.25) is 0 Å². The first-order chi connectivity index (χ1) is 5.49. The van der Waals surface area contributed by atoms with E-state index in [0.717, 1.165) is 12.8 Å². The van der Waals surface area contributed by atoms with E-state index >= 15 is 0 Å². The summed E-state index contributed by atoms with van der Waals surface area (Å²) < 4.78 is 0. The van der Waals surface area contributed by atoms with Gasteiger partial charge in [-0.15, -0.1) is 0 Å². The van der Waals surface area contributed by atoms with E-state index < -0.39 is 0 Å². The van der Waals surface area contributed by atoms with E-state index in [1.165, 1.54) is 0 Å². The number of nitrogens with two attached hydrogens (primary N) is 1. The smallest absolute Gasteiger partial charge is 0.152 e. The number of hydrogen-bond acceptors (Lipinski definition) is 2. The molecule has 0 bridgehead atoms. The van der Waals surface area contributed by atoms with Crippen molar-refractivity contribution < 1.29 is 4.79 Å². The molecule has 0 aliphatic carbocycles. The van der Waals surface area contributed by atoms with E-state index in [4.69, 9.17) is 5.73 Å². The van der Waals surface area contributed by atoms with Crippen LogP contribution in [0.2, 0.25) is 0 Å². The average Bonchev–Trinajstić information content (AvgIpc) is 2.02. The molecule has 72 valence electrons. The Morgan fingerprint density at radius 2 is 1.83 bits per heavy atom. The summed E-state index contributed by atoms with van der Waals surface area (Å²) in [6, 6.07) is -0.250. The highest BCUT2D eigenvalue weighted by Crippen LogP contribution is 2.11. The van der Waals surface area contributed by atoms with Crippen molar-refractivity contribution in [1.82, 2.24) is 0 Å². The van der Waals surface area contributed by atoms with Crippen LogP contribution in [-0.2, 0) is 4.79 Å². The van der Waals surface area contributed by atoms with Gasteiger partial charge in [0.05, 0.1) is 6.04 Å². The van der Waals surface area contributed by atoms with Gasteiger partial charge in [-0.1, -0.05) is 34.1 Å². The maximum Gasteiger partial charge on any atom is 0.152 e.